The third-order valence-corrected chi connectivity index (χ3v) is 6.43. The number of anilines is 1. The average molecular weight is 415 g/mol. The van der Waals surface area contributed by atoms with E-state index in [0.29, 0.717) is 12.1 Å². The number of para-hydroxylation sites is 1. The number of aromatic nitrogens is 2. The summed E-state index contributed by atoms with van der Waals surface area (Å²) >= 11 is 0. The quantitative estimate of drug-likeness (QED) is 0.463. The minimum atomic E-state index is -0.353. The van der Waals surface area contributed by atoms with Gasteiger partial charge in [-0.05, 0) is 50.9 Å². The number of fused-ring (bicyclic) bond motifs is 3. The van der Waals surface area contributed by atoms with Crippen LogP contribution in [0.25, 0.3) is 22.1 Å². The Morgan fingerprint density at radius 2 is 1.58 bits per heavy atom. The smallest absolute Gasteiger partial charge is 0.450 e. The molecule has 0 spiro atoms. The summed E-state index contributed by atoms with van der Waals surface area (Å²) in [6.07, 6.45) is 1.59. The van der Waals surface area contributed by atoms with Crippen LogP contribution in [0.4, 0.5) is 5.82 Å². The van der Waals surface area contributed by atoms with Crippen molar-refractivity contribution in [1.29, 1.82) is 0 Å². The van der Waals surface area contributed by atoms with E-state index < -0.39 is 0 Å². The van der Waals surface area contributed by atoms with E-state index in [2.05, 4.69) is 66.8 Å². The third-order valence-electron chi connectivity index (χ3n) is 6.43. The van der Waals surface area contributed by atoms with Gasteiger partial charge in [0.15, 0.2) is 11.4 Å². The molecule has 0 amide bonds. The van der Waals surface area contributed by atoms with E-state index >= 15 is 0 Å². The molecule has 0 radical (unpaired) electrons. The summed E-state index contributed by atoms with van der Waals surface area (Å²) in [5, 5.41) is 1.00. The van der Waals surface area contributed by atoms with Crippen molar-refractivity contribution in [3.63, 3.8) is 0 Å². The molecule has 3 heterocycles. The van der Waals surface area contributed by atoms with Gasteiger partial charge in [0.25, 0.3) is 0 Å². The maximum absolute atomic E-state index is 6.16. The van der Waals surface area contributed by atoms with Crippen LogP contribution >= 0.6 is 0 Å². The molecule has 0 N–H and O–H groups in total. The molecule has 0 saturated carbocycles. The van der Waals surface area contributed by atoms with Gasteiger partial charge in [0, 0.05) is 19.0 Å². The van der Waals surface area contributed by atoms with Crippen molar-refractivity contribution in [1.82, 2.24) is 9.97 Å². The summed E-state index contributed by atoms with van der Waals surface area (Å²) in [4.78, 5) is 11.0. The topological polar surface area (TPSA) is 60.6 Å². The third kappa shape index (κ3) is 3.38. The van der Waals surface area contributed by atoms with Gasteiger partial charge < -0.3 is 18.6 Å². The number of hydrogen-bond donors (Lipinski definition) is 0. The lowest BCUT2D eigenvalue weighted by molar-refractivity contribution is 0.00578. The van der Waals surface area contributed by atoms with E-state index in [4.69, 9.17) is 13.7 Å². The van der Waals surface area contributed by atoms with Gasteiger partial charge in [-0.3, -0.25) is 0 Å². The van der Waals surface area contributed by atoms with Gasteiger partial charge >= 0.3 is 7.12 Å². The Hall–Kier alpha value is -2.90. The Morgan fingerprint density at radius 3 is 2.29 bits per heavy atom. The number of benzene rings is 2. The fourth-order valence-electron chi connectivity index (χ4n) is 3.89. The Balaban J connectivity index is 1.37. The molecule has 7 heteroatoms. The van der Waals surface area contributed by atoms with E-state index in [1.807, 2.05) is 31.3 Å². The van der Waals surface area contributed by atoms with Crippen LogP contribution < -0.4 is 10.4 Å². The molecule has 0 unspecified atom stereocenters. The largest absolute Gasteiger partial charge is 0.494 e. The second-order valence-electron chi connectivity index (χ2n) is 9.16. The van der Waals surface area contributed by atoms with Crippen molar-refractivity contribution in [3.8, 4) is 0 Å². The van der Waals surface area contributed by atoms with E-state index in [0.717, 1.165) is 33.3 Å². The van der Waals surface area contributed by atoms with Gasteiger partial charge in [0.2, 0.25) is 0 Å². The molecule has 0 bridgehead atoms. The normalized spacial score (nSPS) is 17.5. The van der Waals surface area contributed by atoms with Crippen LogP contribution in [-0.4, -0.2) is 35.3 Å². The van der Waals surface area contributed by atoms with Crippen LogP contribution in [0.5, 0.6) is 0 Å². The highest BCUT2D eigenvalue weighted by atomic mass is 16.7. The molecule has 2 aromatic carbocycles. The van der Waals surface area contributed by atoms with Crippen molar-refractivity contribution < 1.29 is 13.7 Å². The number of hydrogen-bond acceptors (Lipinski definition) is 6. The summed E-state index contributed by atoms with van der Waals surface area (Å²) in [6.45, 7) is 8.95. The lowest BCUT2D eigenvalue weighted by Crippen LogP contribution is -2.41. The molecule has 2 aromatic heterocycles. The zero-order valence-electron chi connectivity index (χ0n) is 18.5. The van der Waals surface area contributed by atoms with E-state index in [-0.39, 0.29) is 18.3 Å². The Kier molecular flexibility index (Phi) is 4.57. The fraction of sp³-hybridized carbons (Fsp3) is 0.333. The monoisotopic (exact) mass is 415 g/mol. The lowest BCUT2D eigenvalue weighted by Gasteiger charge is -2.32. The molecule has 4 aromatic rings. The Labute approximate surface area is 182 Å². The van der Waals surface area contributed by atoms with Crippen LogP contribution in [0, 0.1) is 0 Å². The predicted octanol–water partition coefficient (Wildman–Crippen LogP) is 4.31. The van der Waals surface area contributed by atoms with E-state index in [1.165, 1.54) is 0 Å². The van der Waals surface area contributed by atoms with Crippen LogP contribution in [0.2, 0.25) is 0 Å². The molecule has 1 aliphatic heterocycles. The minimum Gasteiger partial charge on any atom is -0.450 e. The standard InChI is InChI=1S/C24H26BN3O3/c1-23(2)24(3,4)31-25(30-23)17-12-10-16(11-13-17)14-28(5)22-21-20(26-15-27-22)18-8-6-7-9-19(18)29-21/h6-13,15H,14H2,1-5H3. The number of nitrogens with zero attached hydrogens (tertiary/aromatic N) is 3. The van der Waals surface area contributed by atoms with Gasteiger partial charge in [-0.15, -0.1) is 0 Å². The first-order valence-corrected chi connectivity index (χ1v) is 10.5. The lowest BCUT2D eigenvalue weighted by atomic mass is 9.79. The zero-order chi connectivity index (χ0) is 21.8. The van der Waals surface area contributed by atoms with Crippen LogP contribution in [0.15, 0.2) is 59.3 Å². The molecule has 31 heavy (non-hydrogen) atoms. The molecule has 6 nitrogen and oxygen atoms in total. The van der Waals surface area contributed by atoms with E-state index in [9.17, 15) is 0 Å². The van der Waals surface area contributed by atoms with Crippen LogP contribution in [0.3, 0.4) is 0 Å². The molecule has 1 aliphatic rings. The average Bonchev–Trinajstić information content (AvgIpc) is 3.22. The van der Waals surface area contributed by atoms with Gasteiger partial charge in [0.05, 0.1) is 11.2 Å². The molecule has 1 saturated heterocycles. The second-order valence-corrected chi connectivity index (χ2v) is 9.16. The summed E-state index contributed by atoms with van der Waals surface area (Å²) < 4.78 is 18.4. The second kappa shape index (κ2) is 7.07. The first-order valence-electron chi connectivity index (χ1n) is 10.5. The molecular formula is C24H26BN3O3. The molecule has 158 valence electrons. The first-order chi connectivity index (χ1) is 14.7. The van der Waals surface area contributed by atoms with Gasteiger partial charge in [-0.2, -0.15) is 0 Å². The van der Waals surface area contributed by atoms with Crippen molar-refractivity contribution in [2.45, 2.75) is 45.4 Å². The van der Waals surface area contributed by atoms with Gasteiger partial charge in [-0.1, -0.05) is 36.4 Å². The fourth-order valence-corrected chi connectivity index (χ4v) is 3.89. The summed E-state index contributed by atoms with van der Waals surface area (Å²) in [5.74, 6) is 0.774. The van der Waals surface area contributed by atoms with Gasteiger partial charge in [0.1, 0.15) is 17.4 Å². The van der Waals surface area contributed by atoms with Gasteiger partial charge in [-0.25, -0.2) is 9.97 Å². The predicted molar refractivity (Wildman–Crippen MR) is 124 cm³/mol. The maximum atomic E-state index is 6.16. The molecule has 0 aliphatic carbocycles. The Morgan fingerprint density at radius 1 is 0.903 bits per heavy atom. The molecular weight excluding hydrogens is 389 g/mol. The summed E-state index contributed by atoms with van der Waals surface area (Å²) in [5.41, 5.74) is 3.85. The first kappa shape index (κ1) is 20.0. The number of furan rings is 1. The SMILES string of the molecule is CN(Cc1ccc(B2OC(C)(C)C(C)(C)O2)cc1)c1ncnc2c1oc1ccccc12. The Bertz CT molecular complexity index is 1230. The zero-order valence-corrected chi connectivity index (χ0v) is 18.5. The molecule has 0 atom stereocenters. The maximum Gasteiger partial charge on any atom is 0.494 e. The summed E-state index contributed by atoms with van der Waals surface area (Å²) in [7, 11) is 1.66. The molecule has 1 fully saturated rings. The van der Waals surface area contributed by atoms with Crippen LogP contribution in [0.1, 0.15) is 33.3 Å². The molecule has 5 rings (SSSR count). The summed E-state index contributed by atoms with van der Waals surface area (Å²) in [6, 6.07) is 16.3. The highest BCUT2D eigenvalue weighted by Crippen LogP contribution is 2.36. The van der Waals surface area contributed by atoms with Crippen molar-refractivity contribution in [2.75, 3.05) is 11.9 Å². The van der Waals surface area contributed by atoms with Crippen molar-refractivity contribution >= 4 is 40.5 Å². The minimum absolute atomic E-state index is 0.346. The van der Waals surface area contributed by atoms with Crippen LogP contribution in [-0.2, 0) is 15.9 Å². The number of rotatable bonds is 4. The highest BCUT2D eigenvalue weighted by Gasteiger charge is 2.51. The van der Waals surface area contributed by atoms with Crippen molar-refractivity contribution in [2.24, 2.45) is 0 Å². The van der Waals surface area contributed by atoms with E-state index in [1.54, 1.807) is 6.33 Å². The van der Waals surface area contributed by atoms with Crippen molar-refractivity contribution in [3.05, 3.63) is 60.4 Å². The highest BCUT2D eigenvalue weighted by molar-refractivity contribution is 6.62.